The summed E-state index contributed by atoms with van der Waals surface area (Å²) in [5.74, 6) is 0. The van der Waals surface area contributed by atoms with E-state index in [1.54, 1.807) is 0 Å². The number of aliphatic hydroxyl groups excluding tert-OH is 1. The molecule has 0 aromatic heterocycles. The number of β-amino-alcohol motifs (C(OH)–C–C–N with tert-alkyl or cyclic N) is 1. The largest absolute Gasteiger partial charge is 0.390 e. The van der Waals surface area contributed by atoms with Gasteiger partial charge in [0.15, 0.2) is 0 Å². The summed E-state index contributed by atoms with van der Waals surface area (Å²) in [4.78, 5) is 4.71. The Hall–Kier alpha value is -0.200. The molecule has 2 heterocycles. The van der Waals surface area contributed by atoms with Crippen molar-refractivity contribution < 1.29 is 14.6 Å². The van der Waals surface area contributed by atoms with Gasteiger partial charge in [-0.1, -0.05) is 12.8 Å². The fraction of sp³-hybridized carbons (Fsp3) is 1.00. The Morgan fingerprint density at radius 2 is 1.60 bits per heavy atom. The van der Waals surface area contributed by atoms with Gasteiger partial charge in [-0.3, -0.25) is 9.80 Å². The first-order valence-electron chi connectivity index (χ1n) is 8.10. The van der Waals surface area contributed by atoms with Crippen molar-refractivity contribution >= 4 is 0 Å². The first-order chi connectivity index (χ1) is 9.76. The first-order valence-corrected chi connectivity index (χ1v) is 8.10. The number of nitrogens with zero attached hydrogens (tertiary/aromatic N) is 2. The van der Waals surface area contributed by atoms with E-state index in [1.807, 2.05) is 0 Å². The van der Waals surface area contributed by atoms with E-state index < -0.39 is 0 Å². The van der Waals surface area contributed by atoms with Crippen LogP contribution in [0.5, 0.6) is 0 Å². The van der Waals surface area contributed by atoms with Crippen LogP contribution in [0.1, 0.15) is 25.7 Å². The minimum atomic E-state index is -0.260. The molecule has 0 radical (unpaired) electrons. The summed E-state index contributed by atoms with van der Waals surface area (Å²) in [5.41, 5.74) is 0.108. The van der Waals surface area contributed by atoms with Gasteiger partial charge in [0.2, 0.25) is 0 Å². The molecule has 0 amide bonds. The molecule has 0 aromatic carbocycles. The molecule has 20 heavy (non-hydrogen) atoms. The van der Waals surface area contributed by atoms with Crippen molar-refractivity contribution in [2.45, 2.75) is 37.4 Å². The van der Waals surface area contributed by atoms with Gasteiger partial charge < -0.3 is 14.6 Å². The normalized spacial score (nSPS) is 29.9. The molecule has 5 heteroatoms. The Morgan fingerprint density at radius 1 is 0.950 bits per heavy atom. The van der Waals surface area contributed by atoms with Crippen molar-refractivity contribution in [2.24, 2.45) is 0 Å². The van der Waals surface area contributed by atoms with Gasteiger partial charge in [0.25, 0.3) is 0 Å². The second-order valence-corrected chi connectivity index (χ2v) is 6.54. The van der Waals surface area contributed by atoms with Crippen molar-refractivity contribution in [2.75, 3.05) is 59.1 Å². The number of hydrogen-bond acceptors (Lipinski definition) is 5. The van der Waals surface area contributed by atoms with Crippen LogP contribution in [0.15, 0.2) is 0 Å². The van der Waals surface area contributed by atoms with Crippen LogP contribution in [0, 0.1) is 0 Å². The van der Waals surface area contributed by atoms with Crippen molar-refractivity contribution in [3.05, 3.63) is 0 Å². The Morgan fingerprint density at radius 3 is 2.35 bits per heavy atom. The number of rotatable bonds is 4. The third-order valence-electron chi connectivity index (χ3n) is 4.88. The average molecular weight is 284 g/mol. The van der Waals surface area contributed by atoms with E-state index in [2.05, 4.69) is 9.80 Å². The summed E-state index contributed by atoms with van der Waals surface area (Å²) < 4.78 is 11.4. The molecule has 5 nitrogen and oxygen atoms in total. The smallest absolute Gasteiger partial charge is 0.0809 e. The quantitative estimate of drug-likeness (QED) is 0.806. The lowest BCUT2D eigenvalue weighted by atomic mass is 9.99. The van der Waals surface area contributed by atoms with Crippen molar-refractivity contribution in [3.8, 4) is 0 Å². The maximum atomic E-state index is 10.3. The van der Waals surface area contributed by atoms with Crippen LogP contribution in [0.25, 0.3) is 0 Å². The molecule has 3 fully saturated rings. The van der Waals surface area contributed by atoms with Crippen LogP contribution < -0.4 is 0 Å². The predicted molar refractivity (Wildman–Crippen MR) is 76.9 cm³/mol. The highest BCUT2D eigenvalue weighted by Gasteiger charge is 2.39. The average Bonchev–Trinajstić information content (AvgIpc) is 2.87. The van der Waals surface area contributed by atoms with E-state index in [0.717, 1.165) is 59.1 Å². The lowest BCUT2D eigenvalue weighted by Crippen LogP contribution is -2.53. The number of hydrogen-bond donors (Lipinski definition) is 1. The summed E-state index contributed by atoms with van der Waals surface area (Å²) in [6, 6.07) is 0. The van der Waals surface area contributed by atoms with Crippen molar-refractivity contribution in [3.63, 3.8) is 0 Å². The molecule has 0 aromatic rings. The van der Waals surface area contributed by atoms with E-state index in [0.29, 0.717) is 0 Å². The lowest BCUT2D eigenvalue weighted by molar-refractivity contribution is -0.112. The van der Waals surface area contributed by atoms with E-state index in [1.165, 1.54) is 25.7 Å². The van der Waals surface area contributed by atoms with Crippen molar-refractivity contribution in [1.82, 2.24) is 9.80 Å². The second-order valence-electron chi connectivity index (χ2n) is 6.54. The molecule has 1 spiro atoms. The number of ether oxygens (including phenoxy) is 2. The second kappa shape index (κ2) is 6.71. The highest BCUT2D eigenvalue weighted by Crippen LogP contribution is 2.35. The zero-order chi connectivity index (χ0) is 13.8. The number of morpholine rings is 2. The molecular formula is C15H28N2O3. The Balaban J connectivity index is 1.44. The van der Waals surface area contributed by atoms with Crippen LogP contribution in [0.3, 0.4) is 0 Å². The van der Waals surface area contributed by atoms with Gasteiger partial charge in [-0.2, -0.15) is 0 Å². The van der Waals surface area contributed by atoms with Gasteiger partial charge in [0, 0.05) is 39.3 Å². The maximum Gasteiger partial charge on any atom is 0.0809 e. The molecule has 3 rings (SSSR count). The summed E-state index contributed by atoms with van der Waals surface area (Å²) in [6.45, 7) is 7.84. The van der Waals surface area contributed by atoms with Gasteiger partial charge >= 0.3 is 0 Å². The maximum absolute atomic E-state index is 10.3. The molecule has 1 aliphatic carbocycles. The molecular weight excluding hydrogens is 256 g/mol. The van der Waals surface area contributed by atoms with Gasteiger partial charge in [-0.25, -0.2) is 0 Å². The summed E-state index contributed by atoms with van der Waals surface area (Å²) >= 11 is 0. The molecule has 3 aliphatic rings. The highest BCUT2D eigenvalue weighted by molar-refractivity contribution is 4.92. The van der Waals surface area contributed by atoms with E-state index >= 15 is 0 Å². The predicted octanol–water partition coefficient (Wildman–Crippen LogP) is 0.325. The highest BCUT2D eigenvalue weighted by atomic mass is 16.5. The molecule has 1 atom stereocenters. The van der Waals surface area contributed by atoms with Gasteiger partial charge in [0.1, 0.15) is 0 Å². The van der Waals surface area contributed by atoms with Gasteiger partial charge in [-0.05, 0) is 12.8 Å². The number of aliphatic hydroxyl groups is 1. The third kappa shape index (κ3) is 3.71. The fourth-order valence-corrected chi connectivity index (χ4v) is 3.84. The van der Waals surface area contributed by atoms with Crippen LogP contribution in [0.2, 0.25) is 0 Å². The molecule has 2 saturated heterocycles. The molecule has 1 N–H and O–H groups in total. The zero-order valence-electron chi connectivity index (χ0n) is 12.4. The lowest BCUT2D eigenvalue weighted by Gasteiger charge is -2.41. The molecule has 116 valence electrons. The molecule has 1 unspecified atom stereocenters. The zero-order valence-corrected chi connectivity index (χ0v) is 12.4. The van der Waals surface area contributed by atoms with Crippen molar-refractivity contribution in [1.29, 1.82) is 0 Å². The molecule has 1 saturated carbocycles. The minimum absolute atomic E-state index is 0.108. The summed E-state index contributed by atoms with van der Waals surface area (Å²) in [6.07, 6.45) is 4.73. The van der Waals surface area contributed by atoms with Crippen LogP contribution in [0.4, 0.5) is 0 Å². The SMILES string of the molecule is OC(CN1CCOCC1)CN1CCOC2(CCCC2)C1. The third-order valence-corrected chi connectivity index (χ3v) is 4.88. The Kier molecular flexibility index (Phi) is 4.94. The van der Waals surface area contributed by atoms with Crippen LogP contribution in [-0.2, 0) is 9.47 Å². The van der Waals surface area contributed by atoms with E-state index in [-0.39, 0.29) is 11.7 Å². The summed E-state index contributed by atoms with van der Waals surface area (Å²) in [7, 11) is 0. The van der Waals surface area contributed by atoms with Gasteiger partial charge in [0.05, 0.1) is 31.5 Å². The fourth-order valence-electron chi connectivity index (χ4n) is 3.84. The molecule has 0 bridgehead atoms. The molecule has 2 aliphatic heterocycles. The van der Waals surface area contributed by atoms with Crippen LogP contribution >= 0.6 is 0 Å². The van der Waals surface area contributed by atoms with E-state index in [9.17, 15) is 5.11 Å². The van der Waals surface area contributed by atoms with Gasteiger partial charge in [-0.15, -0.1) is 0 Å². The topological polar surface area (TPSA) is 45.2 Å². The van der Waals surface area contributed by atoms with E-state index in [4.69, 9.17) is 9.47 Å². The monoisotopic (exact) mass is 284 g/mol. The Bertz CT molecular complexity index is 301. The standard InChI is InChI=1S/C15H28N2O3/c18-14(11-16-5-8-19-9-6-16)12-17-7-10-20-15(13-17)3-1-2-4-15/h14,18H,1-13H2. The Labute approximate surface area is 121 Å². The summed E-state index contributed by atoms with van der Waals surface area (Å²) in [5, 5.41) is 10.3. The van der Waals surface area contributed by atoms with Crippen LogP contribution in [-0.4, -0.2) is 85.7 Å². The first kappa shape index (κ1) is 14.7. The minimum Gasteiger partial charge on any atom is -0.390 e.